The molecular weight excluding hydrogens is 222 g/mol. The van der Waals surface area contributed by atoms with E-state index >= 15 is 0 Å². The number of aromatic nitrogens is 2. The third kappa shape index (κ3) is 3.08. The molecule has 18 heavy (non-hydrogen) atoms. The van der Waals surface area contributed by atoms with Crippen LogP contribution in [0, 0.1) is 19.8 Å². The number of hydrogen-bond donors (Lipinski definition) is 1. The molecule has 0 aliphatic heterocycles. The maximum Gasteiger partial charge on any atom is 0.132 e. The standard InChI is InChI=1S/C15H25N3/c1-5-16-8-6-7-13-11(3)17-15(18-12(13)4)14-9-10(14)2/h10,14,16H,5-9H2,1-4H3. The van der Waals surface area contributed by atoms with Crippen LogP contribution in [0.3, 0.4) is 0 Å². The van der Waals surface area contributed by atoms with Gasteiger partial charge in [-0.15, -0.1) is 0 Å². The quantitative estimate of drug-likeness (QED) is 0.785. The van der Waals surface area contributed by atoms with Crippen LogP contribution in [0.25, 0.3) is 0 Å². The highest BCUT2D eigenvalue weighted by atomic mass is 14.9. The molecule has 2 atom stereocenters. The minimum atomic E-state index is 0.623. The molecule has 3 heteroatoms. The summed E-state index contributed by atoms with van der Waals surface area (Å²) in [7, 11) is 0. The van der Waals surface area contributed by atoms with E-state index in [0.29, 0.717) is 5.92 Å². The fourth-order valence-corrected chi connectivity index (χ4v) is 2.54. The van der Waals surface area contributed by atoms with Gasteiger partial charge in [0.15, 0.2) is 0 Å². The zero-order chi connectivity index (χ0) is 13.1. The van der Waals surface area contributed by atoms with E-state index < -0.39 is 0 Å². The van der Waals surface area contributed by atoms with E-state index in [9.17, 15) is 0 Å². The van der Waals surface area contributed by atoms with Crippen LogP contribution in [0.5, 0.6) is 0 Å². The van der Waals surface area contributed by atoms with Crippen LogP contribution in [-0.4, -0.2) is 23.1 Å². The smallest absolute Gasteiger partial charge is 0.132 e. The maximum atomic E-state index is 4.71. The average molecular weight is 247 g/mol. The Morgan fingerprint density at radius 2 is 1.83 bits per heavy atom. The molecule has 0 saturated heterocycles. The molecule has 0 spiro atoms. The molecule has 1 aliphatic rings. The van der Waals surface area contributed by atoms with Gasteiger partial charge in [-0.2, -0.15) is 0 Å². The Kier molecular flexibility index (Phi) is 4.33. The Morgan fingerprint density at radius 3 is 2.33 bits per heavy atom. The van der Waals surface area contributed by atoms with E-state index in [4.69, 9.17) is 9.97 Å². The first-order valence-corrected chi connectivity index (χ1v) is 7.18. The molecule has 1 aromatic heterocycles. The number of rotatable bonds is 6. The fraction of sp³-hybridized carbons (Fsp3) is 0.733. The monoisotopic (exact) mass is 247 g/mol. The van der Waals surface area contributed by atoms with Gasteiger partial charge in [0.25, 0.3) is 0 Å². The van der Waals surface area contributed by atoms with Gasteiger partial charge in [-0.25, -0.2) is 9.97 Å². The zero-order valence-corrected chi connectivity index (χ0v) is 12.1. The van der Waals surface area contributed by atoms with Crippen LogP contribution in [0.1, 0.15) is 55.4 Å². The molecule has 2 rings (SSSR count). The molecule has 1 heterocycles. The van der Waals surface area contributed by atoms with E-state index in [0.717, 1.165) is 37.7 Å². The van der Waals surface area contributed by atoms with Gasteiger partial charge in [-0.1, -0.05) is 13.8 Å². The highest BCUT2D eigenvalue weighted by Crippen LogP contribution is 2.45. The molecule has 1 fully saturated rings. The van der Waals surface area contributed by atoms with Gasteiger partial charge in [-0.3, -0.25) is 0 Å². The normalized spacial score (nSPS) is 22.2. The van der Waals surface area contributed by atoms with Gasteiger partial charge in [0, 0.05) is 17.3 Å². The lowest BCUT2D eigenvalue weighted by Crippen LogP contribution is -2.15. The summed E-state index contributed by atoms with van der Waals surface area (Å²) in [5.74, 6) is 2.48. The van der Waals surface area contributed by atoms with Crippen molar-refractivity contribution in [3.05, 3.63) is 22.8 Å². The molecule has 3 nitrogen and oxygen atoms in total. The molecular formula is C15H25N3. The number of nitrogens with one attached hydrogen (secondary N) is 1. The fourth-order valence-electron chi connectivity index (χ4n) is 2.54. The second-order valence-electron chi connectivity index (χ2n) is 5.51. The topological polar surface area (TPSA) is 37.8 Å². The minimum absolute atomic E-state index is 0.623. The largest absolute Gasteiger partial charge is 0.317 e. The van der Waals surface area contributed by atoms with Gasteiger partial charge in [0.05, 0.1) is 0 Å². The Hall–Kier alpha value is -0.960. The van der Waals surface area contributed by atoms with Crippen LogP contribution in [-0.2, 0) is 6.42 Å². The first-order valence-electron chi connectivity index (χ1n) is 7.18. The van der Waals surface area contributed by atoms with Gasteiger partial charge in [0.1, 0.15) is 5.82 Å². The number of aryl methyl sites for hydroxylation is 2. The van der Waals surface area contributed by atoms with E-state index in [1.54, 1.807) is 0 Å². The minimum Gasteiger partial charge on any atom is -0.317 e. The summed E-state index contributed by atoms with van der Waals surface area (Å²) in [4.78, 5) is 9.43. The van der Waals surface area contributed by atoms with Crippen LogP contribution in [0.2, 0.25) is 0 Å². The van der Waals surface area contributed by atoms with Crippen LogP contribution < -0.4 is 5.32 Å². The van der Waals surface area contributed by atoms with E-state index in [2.05, 4.69) is 33.0 Å². The third-order valence-corrected chi connectivity index (χ3v) is 3.91. The lowest BCUT2D eigenvalue weighted by atomic mass is 10.1. The lowest BCUT2D eigenvalue weighted by Gasteiger charge is -2.11. The van der Waals surface area contributed by atoms with Gasteiger partial charge < -0.3 is 5.32 Å². The maximum absolute atomic E-state index is 4.71. The van der Waals surface area contributed by atoms with Crippen LogP contribution >= 0.6 is 0 Å². The molecule has 1 saturated carbocycles. The Balaban J connectivity index is 2.02. The molecule has 0 radical (unpaired) electrons. The summed E-state index contributed by atoms with van der Waals surface area (Å²) >= 11 is 0. The zero-order valence-electron chi connectivity index (χ0n) is 12.1. The highest BCUT2D eigenvalue weighted by Gasteiger charge is 2.36. The number of hydrogen-bond acceptors (Lipinski definition) is 3. The van der Waals surface area contributed by atoms with Crippen molar-refractivity contribution in [1.82, 2.24) is 15.3 Å². The van der Waals surface area contributed by atoms with Gasteiger partial charge >= 0.3 is 0 Å². The summed E-state index contributed by atoms with van der Waals surface area (Å²) in [5, 5.41) is 3.36. The average Bonchev–Trinajstić information content (AvgIpc) is 3.04. The van der Waals surface area contributed by atoms with Crippen molar-refractivity contribution in [3.8, 4) is 0 Å². The van der Waals surface area contributed by atoms with Crippen molar-refractivity contribution in [2.24, 2.45) is 5.92 Å². The second-order valence-corrected chi connectivity index (χ2v) is 5.51. The molecule has 0 amide bonds. The summed E-state index contributed by atoms with van der Waals surface area (Å²) in [6.45, 7) is 10.8. The van der Waals surface area contributed by atoms with Crippen molar-refractivity contribution < 1.29 is 0 Å². The summed E-state index contributed by atoms with van der Waals surface area (Å²) < 4.78 is 0. The second kappa shape index (κ2) is 5.79. The van der Waals surface area contributed by atoms with Crippen molar-refractivity contribution >= 4 is 0 Å². The van der Waals surface area contributed by atoms with Crippen molar-refractivity contribution in [3.63, 3.8) is 0 Å². The first-order chi connectivity index (χ1) is 8.63. The molecule has 100 valence electrons. The summed E-state index contributed by atoms with van der Waals surface area (Å²) in [5.41, 5.74) is 3.73. The lowest BCUT2D eigenvalue weighted by molar-refractivity contribution is 0.665. The van der Waals surface area contributed by atoms with Gasteiger partial charge in [-0.05, 0) is 57.7 Å². The molecule has 1 aliphatic carbocycles. The predicted molar refractivity (Wildman–Crippen MR) is 74.9 cm³/mol. The van der Waals surface area contributed by atoms with Crippen molar-refractivity contribution in [2.75, 3.05) is 13.1 Å². The van der Waals surface area contributed by atoms with E-state index in [-0.39, 0.29) is 0 Å². The summed E-state index contributed by atoms with van der Waals surface area (Å²) in [6.07, 6.45) is 3.52. The van der Waals surface area contributed by atoms with Crippen molar-refractivity contribution in [2.45, 2.75) is 52.9 Å². The molecule has 0 bridgehead atoms. The Bertz CT molecular complexity index is 391. The van der Waals surface area contributed by atoms with E-state index in [1.165, 1.54) is 23.4 Å². The predicted octanol–water partition coefficient (Wildman–Crippen LogP) is 2.76. The van der Waals surface area contributed by atoms with Crippen LogP contribution in [0.15, 0.2) is 0 Å². The molecule has 0 aromatic carbocycles. The summed E-state index contributed by atoms with van der Waals surface area (Å²) in [6, 6.07) is 0. The Labute approximate surface area is 110 Å². The SMILES string of the molecule is CCNCCCc1c(C)nc(C2CC2C)nc1C. The first kappa shape index (κ1) is 13.5. The third-order valence-electron chi connectivity index (χ3n) is 3.91. The highest BCUT2D eigenvalue weighted by molar-refractivity contribution is 5.26. The number of nitrogens with zero attached hydrogens (tertiary/aromatic N) is 2. The Morgan fingerprint density at radius 1 is 1.22 bits per heavy atom. The van der Waals surface area contributed by atoms with E-state index in [1.807, 2.05) is 0 Å². The molecule has 1 aromatic rings. The van der Waals surface area contributed by atoms with Crippen molar-refractivity contribution in [1.29, 1.82) is 0 Å². The van der Waals surface area contributed by atoms with Gasteiger partial charge in [0.2, 0.25) is 0 Å². The molecule has 1 N–H and O–H groups in total. The van der Waals surface area contributed by atoms with Crippen LogP contribution in [0.4, 0.5) is 0 Å². The molecule has 2 unspecified atom stereocenters.